The molecular weight excluding hydrogens is 414 g/mol. The summed E-state index contributed by atoms with van der Waals surface area (Å²) < 4.78 is 3.62. The molecule has 9 nitrogen and oxygen atoms in total. The summed E-state index contributed by atoms with van der Waals surface area (Å²) in [5.41, 5.74) is 5.75. The van der Waals surface area contributed by atoms with Gasteiger partial charge in [0, 0.05) is 67.9 Å². The molecule has 1 N–H and O–H groups in total. The summed E-state index contributed by atoms with van der Waals surface area (Å²) in [5, 5.41) is 13.3. The van der Waals surface area contributed by atoms with Gasteiger partial charge in [0.25, 0.3) is 0 Å². The Kier molecular flexibility index (Phi) is 4.69. The van der Waals surface area contributed by atoms with E-state index in [9.17, 15) is 0 Å². The van der Waals surface area contributed by atoms with Gasteiger partial charge >= 0.3 is 0 Å². The van der Waals surface area contributed by atoms with E-state index in [2.05, 4.69) is 73.7 Å². The Hall–Kier alpha value is -3.98. The van der Waals surface area contributed by atoms with Crippen molar-refractivity contribution in [2.24, 2.45) is 7.05 Å². The molecule has 1 aliphatic rings. The summed E-state index contributed by atoms with van der Waals surface area (Å²) in [7, 11) is 4.11. The maximum Gasteiger partial charge on any atom is 0.247 e. The van der Waals surface area contributed by atoms with E-state index in [1.807, 2.05) is 30.2 Å². The van der Waals surface area contributed by atoms with Gasteiger partial charge in [-0.15, -0.1) is 5.10 Å². The zero-order valence-corrected chi connectivity index (χ0v) is 18.7. The predicted octanol–water partition coefficient (Wildman–Crippen LogP) is 3.17. The molecule has 5 aromatic rings. The Morgan fingerprint density at radius 1 is 0.939 bits per heavy atom. The highest BCUT2D eigenvalue weighted by Crippen LogP contribution is 2.27. The molecule has 0 bridgehead atoms. The van der Waals surface area contributed by atoms with Gasteiger partial charge in [0.05, 0.1) is 11.7 Å². The number of likely N-dealkylation sites (N-methyl/N-ethyl adjacent to an activating group) is 1. The molecule has 1 saturated heterocycles. The Morgan fingerprint density at radius 2 is 1.76 bits per heavy atom. The number of hydrogen-bond acceptors (Lipinski definition) is 7. The second kappa shape index (κ2) is 7.86. The van der Waals surface area contributed by atoms with Gasteiger partial charge in [-0.1, -0.05) is 6.07 Å². The minimum atomic E-state index is 0.541. The first-order valence-electron chi connectivity index (χ1n) is 11.1. The third-order valence-electron chi connectivity index (χ3n) is 6.27. The second-order valence-corrected chi connectivity index (χ2v) is 8.48. The van der Waals surface area contributed by atoms with Gasteiger partial charge in [0.2, 0.25) is 5.95 Å². The molecule has 4 heterocycles. The normalized spacial score (nSPS) is 14.9. The van der Waals surface area contributed by atoms with Crippen LogP contribution in [-0.4, -0.2) is 67.5 Å². The predicted molar refractivity (Wildman–Crippen MR) is 130 cm³/mol. The number of hydrogen-bond donors (Lipinski definition) is 1. The van der Waals surface area contributed by atoms with Crippen molar-refractivity contribution in [3.8, 4) is 11.3 Å². The van der Waals surface area contributed by atoms with Gasteiger partial charge in [-0.3, -0.25) is 9.67 Å². The third kappa shape index (κ3) is 3.66. The lowest BCUT2D eigenvalue weighted by Gasteiger charge is -2.34. The summed E-state index contributed by atoms with van der Waals surface area (Å²) in [6, 6.07) is 14.7. The summed E-state index contributed by atoms with van der Waals surface area (Å²) in [6.45, 7) is 4.29. The number of nitrogens with zero attached hydrogens (tertiary/aromatic N) is 8. The summed E-state index contributed by atoms with van der Waals surface area (Å²) in [4.78, 5) is 14.1. The zero-order valence-electron chi connectivity index (χ0n) is 18.7. The molecule has 3 aromatic heterocycles. The molecule has 0 radical (unpaired) electrons. The van der Waals surface area contributed by atoms with E-state index in [4.69, 9.17) is 4.98 Å². The van der Waals surface area contributed by atoms with Crippen LogP contribution in [0.1, 0.15) is 0 Å². The molecule has 2 aromatic carbocycles. The fourth-order valence-electron chi connectivity index (χ4n) is 4.33. The van der Waals surface area contributed by atoms with Crippen molar-refractivity contribution in [2.45, 2.75) is 0 Å². The summed E-state index contributed by atoms with van der Waals surface area (Å²) >= 11 is 0. The van der Waals surface area contributed by atoms with Crippen molar-refractivity contribution in [2.75, 3.05) is 43.4 Å². The van der Waals surface area contributed by atoms with Gasteiger partial charge in [-0.2, -0.15) is 10.1 Å². The molecule has 0 aliphatic carbocycles. The van der Waals surface area contributed by atoms with E-state index in [-0.39, 0.29) is 0 Å². The summed E-state index contributed by atoms with van der Waals surface area (Å²) in [5.74, 6) is 0.541. The number of aryl methyl sites for hydroxylation is 1. The van der Waals surface area contributed by atoms with Gasteiger partial charge < -0.3 is 15.1 Å². The van der Waals surface area contributed by atoms with Crippen LogP contribution in [0.4, 0.5) is 17.3 Å². The van der Waals surface area contributed by atoms with Crippen molar-refractivity contribution in [3.63, 3.8) is 0 Å². The summed E-state index contributed by atoms with van der Waals surface area (Å²) in [6.07, 6.45) is 5.43. The van der Waals surface area contributed by atoms with E-state index in [0.717, 1.165) is 54.0 Å². The van der Waals surface area contributed by atoms with E-state index in [1.165, 1.54) is 5.69 Å². The molecule has 0 atom stereocenters. The van der Waals surface area contributed by atoms with Crippen molar-refractivity contribution >= 4 is 33.9 Å². The molecule has 33 heavy (non-hydrogen) atoms. The van der Waals surface area contributed by atoms with Crippen LogP contribution in [0.15, 0.2) is 61.1 Å². The largest absolute Gasteiger partial charge is 0.369 e. The van der Waals surface area contributed by atoms with Crippen molar-refractivity contribution in [1.29, 1.82) is 0 Å². The first kappa shape index (κ1) is 19.7. The molecular formula is C24H25N9. The maximum atomic E-state index is 4.73. The van der Waals surface area contributed by atoms with E-state index < -0.39 is 0 Å². The molecule has 1 fully saturated rings. The van der Waals surface area contributed by atoms with E-state index >= 15 is 0 Å². The second-order valence-electron chi connectivity index (χ2n) is 8.48. The number of anilines is 3. The van der Waals surface area contributed by atoms with Gasteiger partial charge in [0.15, 0.2) is 5.65 Å². The minimum Gasteiger partial charge on any atom is -0.369 e. The topological polar surface area (TPSA) is 79.4 Å². The first-order valence-corrected chi connectivity index (χ1v) is 11.1. The van der Waals surface area contributed by atoms with Crippen LogP contribution in [0.3, 0.4) is 0 Å². The van der Waals surface area contributed by atoms with Crippen LogP contribution >= 0.6 is 0 Å². The molecule has 0 amide bonds. The number of fused-ring (bicyclic) bond motifs is 2. The number of nitrogens with one attached hydrogen (secondary N) is 1. The SMILES string of the molecule is CN1CCN(c2ccc(Nc3nc4c(-c5ccc6c(cnn6C)c5)nccn4n3)cc2)CC1. The van der Waals surface area contributed by atoms with Crippen molar-refractivity contribution in [1.82, 2.24) is 34.3 Å². The standard InChI is InChI=1S/C24H25N9/c1-30-11-13-32(14-12-30)20-6-4-19(5-7-20)27-24-28-23-22(25-9-10-33(23)29-24)17-3-8-21-18(15-17)16-26-31(21)2/h3-10,15-16H,11-14H2,1-2H3,(H,27,29). The van der Waals surface area contributed by atoms with Crippen LogP contribution < -0.4 is 10.2 Å². The fourth-order valence-corrected chi connectivity index (χ4v) is 4.33. The number of aromatic nitrogens is 6. The van der Waals surface area contributed by atoms with Crippen LogP contribution in [0.25, 0.3) is 27.8 Å². The van der Waals surface area contributed by atoms with E-state index in [1.54, 1.807) is 10.7 Å². The van der Waals surface area contributed by atoms with Crippen LogP contribution in [0, 0.1) is 0 Å². The quantitative estimate of drug-likeness (QED) is 0.461. The highest BCUT2D eigenvalue weighted by atomic mass is 15.4. The third-order valence-corrected chi connectivity index (χ3v) is 6.27. The lowest BCUT2D eigenvalue weighted by Crippen LogP contribution is -2.44. The van der Waals surface area contributed by atoms with Gasteiger partial charge in [-0.05, 0) is 43.4 Å². The zero-order chi connectivity index (χ0) is 22.4. The van der Waals surface area contributed by atoms with E-state index in [0.29, 0.717) is 11.6 Å². The molecule has 1 aliphatic heterocycles. The fraction of sp³-hybridized carbons (Fsp3) is 0.250. The molecule has 0 unspecified atom stereocenters. The monoisotopic (exact) mass is 439 g/mol. The van der Waals surface area contributed by atoms with Crippen LogP contribution in [0.5, 0.6) is 0 Å². The average molecular weight is 440 g/mol. The Morgan fingerprint density at radius 3 is 2.58 bits per heavy atom. The average Bonchev–Trinajstić information content (AvgIpc) is 3.42. The van der Waals surface area contributed by atoms with Gasteiger partial charge in [-0.25, -0.2) is 4.52 Å². The Bertz CT molecular complexity index is 1430. The number of rotatable bonds is 4. The van der Waals surface area contributed by atoms with Gasteiger partial charge in [0.1, 0.15) is 5.69 Å². The molecule has 166 valence electrons. The lowest BCUT2D eigenvalue weighted by molar-refractivity contribution is 0.313. The Labute approximate surface area is 191 Å². The smallest absolute Gasteiger partial charge is 0.247 e. The molecule has 6 rings (SSSR count). The van der Waals surface area contributed by atoms with Crippen LogP contribution in [-0.2, 0) is 7.05 Å². The highest BCUT2D eigenvalue weighted by molar-refractivity contribution is 5.86. The number of benzene rings is 2. The van der Waals surface area contributed by atoms with Crippen molar-refractivity contribution < 1.29 is 0 Å². The van der Waals surface area contributed by atoms with Crippen LogP contribution in [0.2, 0.25) is 0 Å². The maximum absolute atomic E-state index is 4.73. The number of piperazine rings is 1. The highest BCUT2D eigenvalue weighted by Gasteiger charge is 2.15. The molecule has 0 saturated carbocycles. The molecule has 0 spiro atoms. The van der Waals surface area contributed by atoms with Crippen molar-refractivity contribution in [3.05, 3.63) is 61.1 Å². The lowest BCUT2D eigenvalue weighted by atomic mass is 10.1. The minimum absolute atomic E-state index is 0.541. The Balaban J connectivity index is 1.26. The molecule has 9 heteroatoms. The first-order chi connectivity index (χ1) is 16.1.